The molecule has 10 heteroatoms. The van der Waals surface area contributed by atoms with E-state index in [4.69, 9.17) is 10.8 Å². The number of ketones is 3. The molecule has 0 bridgehead atoms. The summed E-state index contributed by atoms with van der Waals surface area (Å²) in [6, 6.07) is -1.54. The quantitative estimate of drug-likeness (QED) is 0.238. The molecule has 0 heterocycles. The number of primary amides is 1. The number of carbonyl (C=O) groups is 6. The van der Waals surface area contributed by atoms with E-state index in [1.165, 1.54) is 0 Å². The van der Waals surface area contributed by atoms with Crippen LogP contribution < -0.4 is 16.4 Å². The fraction of sp³-hybridized carbons (Fsp3) is 0.714. The summed E-state index contributed by atoms with van der Waals surface area (Å²) < 4.78 is 0. The summed E-state index contributed by atoms with van der Waals surface area (Å²) in [5.74, 6) is -2.77. The van der Waals surface area contributed by atoms with Crippen molar-refractivity contribution in [3.8, 4) is 0 Å². The van der Waals surface area contributed by atoms with E-state index in [1.54, 1.807) is 7.05 Å². The number of carboxylic acids is 1. The van der Waals surface area contributed by atoms with Crippen LogP contribution in [0.25, 0.3) is 0 Å². The minimum absolute atomic E-state index is 0.00313. The average molecular weight is 442 g/mol. The normalized spacial score (nSPS) is 12.8. The van der Waals surface area contributed by atoms with Gasteiger partial charge >= 0.3 is 5.97 Å². The van der Waals surface area contributed by atoms with Crippen LogP contribution in [0, 0.1) is 5.92 Å². The molecule has 0 aromatic heterocycles. The van der Waals surface area contributed by atoms with Gasteiger partial charge in [-0.25, -0.2) is 4.79 Å². The van der Waals surface area contributed by atoms with Crippen molar-refractivity contribution in [2.75, 3.05) is 7.05 Å². The SMILES string of the molecule is CNC(CCC(N)=O)C(=O)CCC(=O)CCC(=O)CCC(=O)NC(CC(C)C)C(=O)O. The van der Waals surface area contributed by atoms with E-state index < -0.39 is 29.9 Å². The van der Waals surface area contributed by atoms with Crippen LogP contribution in [0.1, 0.15) is 71.6 Å². The van der Waals surface area contributed by atoms with Crippen LogP contribution in [0.15, 0.2) is 0 Å². The third-order valence-corrected chi connectivity index (χ3v) is 4.72. The molecule has 0 fully saturated rings. The van der Waals surface area contributed by atoms with Crippen LogP contribution in [0.2, 0.25) is 0 Å². The zero-order valence-corrected chi connectivity index (χ0v) is 18.6. The van der Waals surface area contributed by atoms with Crippen molar-refractivity contribution < 1.29 is 33.9 Å². The molecule has 176 valence electrons. The van der Waals surface area contributed by atoms with Gasteiger partial charge in [0.25, 0.3) is 0 Å². The number of hydrogen-bond donors (Lipinski definition) is 4. The van der Waals surface area contributed by atoms with Crippen LogP contribution in [0.4, 0.5) is 0 Å². The summed E-state index contributed by atoms with van der Waals surface area (Å²) in [6.07, 6.45) is 0.341. The van der Waals surface area contributed by atoms with Gasteiger partial charge in [0.05, 0.1) is 6.04 Å². The molecule has 31 heavy (non-hydrogen) atoms. The third-order valence-electron chi connectivity index (χ3n) is 4.72. The summed E-state index contributed by atoms with van der Waals surface area (Å²) in [6.45, 7) is 3.69. The Morgan fingerprint density at radius 3 is 1.77 bits per heavy atom. The fourth-order valence-corrected chi connectivity index (χ4v) is 2.93. The summed E-state index contributed by atoms with van der Waals surface area (Å²) >= 11 is 0. The van der Waals surface area contributed by atoms with Gasteiger partial charge < -0.3 is 21.5 Å². The van der Waals surface area contributed by atoms with E-state index in [9.17, 15) is 28.8 Å². The van der Waals surface area contributed by atoms with Crippen molar-refractivity contribution in [1.82, 2.24) is 10.6 Å². The van der Waals surface area contributed by atoms with Crippen molar-refractivity contribution in [2.45, 2.75) is 83.7 Å². The van der Waals surface area contributed by atoms with Gasteiger partial charge in [-0.15, -0.1) is 0 Å². The largest absolute Gasteiger partial charge is 0.480 e. The van der Waals surface area contributed by atoms with Gasteiger partial charge in [0, 0.05) is 44.9 Å². The Labute approximate surface area is 182 Å². The minimum atomic E-state index is -1.12. The van der Waals surface area contributed by atoms with E-state index in [2.05, 4.69) is 10.6 Å². The molecule has 0 saturated carbocycles. The molecule has 0 spiro atoms. The summed E-state index contributed by atoms with van der Waals surface area (Å²) in [5, 5.41) is 14.3. The predicted octanol–water partition coefficient (Wildman–Crippen LogP) is 0.503. The molecule has 10 nitrogen and oxygen atoms in total. The number of amides is 2. The van der Waals surface area contributed by atoms with E-state index >= 15 is 0 Å². The Morgan fingerprint density at radius 2 is 1.32 bits per heavy atom. The highest BCUT2D eigenvalue weighted by Gasteiger charge is 2.22. The molecule has 0 aliphatic rings. The number of rotatable bonds is 18. The number of nitrogens with one attached hydrogen (secondary N) is 2. The second-order valence-corrected chi connectivity index (χ2v) is 7.98. The molecule has 0 aliphatic carbocycles. The lowest BCUT2D eigenvalue weighted by molar-refractivity contribution is -0.142. The van der Waals surface area contributed by atoms with Crippen molar-refractivity contribution in [3.63, 3.8) is 0 Å². The number of nitrogens with two attached hydrogens (primary N) is 1. The molecular weight excluding hydrogens is 406 g/mol. The zero-order chi connectivity index (χ0) is 24.0. The summed E-state index contributed by atoms with van der Waals surface area (Å²) in [4.78, 5) is 69.8. The van der Waals surface area contributed by atoms with Crippen LogP contribution in [-0.4, -0.2) is 59.4 Å². The topological polar surface area (TPSA) is 173 Å². The monoisotopic (exact) mass is 441 g/mol. The lowest BCUT2D eigenvalue weighted by Gasteiger charge is -2.16. The zero-order valence-electron chi connectivity index (χ0n) is 18.6. The lowest BCUT2D eigenvalue weighted by atomic mass is 9.99. The molecule has 0 aromatic carbocycles. The van der Waals surface area contributed by atoms with Crippen molar-refractivity contribution in [3.05, 3.63) is 0 Å². The standard InChI is InChI=1S/C21H35N3O7/c1-13(2)12-17(21(30)31)24-20(29)11-7-15(26)5-4-14(25)6-9-18(27)16(23-3)8-10-19(22)28/h13,16-17,23H,4-12H2,1-3H3,(H2,22,28)(H,24,29)(H,30,31). The lowest BCUT2D eigenvalue weighted by Crippen LogP contribution is -2.41. The smallest absolute Gasteiger partial charge is 0.326 e. The van der Waals surface area contributed by atoms with Crippen LogP contribution in [0.5, 0.6) is 0 Å². The first kappa shape index (κ1) is 28.4. The van der Waals surface area contributed by atoms with E-state index in [1.807, 2.05) is 13.8 Å². The molecule has 0 saturated heterocycles. The van der Waals surface area contributed by atoms with Crippen molar-refractivity contribution in [1.29, 1.82) is 0 Å². The van der Waals surface area contributed by atoms with Gasteiger partial charge in [-0.3, -0.25) is 24.0 Å². The Bertz CT molecular complexity index is 661. The van der Waals surface area contributed by atoms with Gasteiger partial charge in [0.2, 0.25) is 11.8 Å². The minimum Gasteiger partial charge on any atom is -0.480 e. The Kier molecular flexibility index (Phi) is 13.9. The van der Waals surface area contributed by atoms with Gasteiger partial charge in [0.1, 0.15) is 23.4 Å². The molecule has 0 rings (SSSR count). The Hall–Kier alpha value is -2.62. The van der Waals surface area contributed by atoms with Crippen LogP contribution >= 0.6 is 0 Å². The number of likely N-dealkylation sites (N-methyl/N-ethyl adjacent to an activating group) is 1. The average Bonchev–Trinajstić information content (AvgIpc) is 2.68. The number of carboxylic acid groups (broad SMARTS) is 1. The molecule has 2 unspecified atom stereocenters. The number of aliphatic carboxylic acids is 1. The summed E-state index contributed by atoms with van der Waals surface area (Å²) in [7, 11) is 1.59. The number of Topliss-reactive ketones (excluding diaryl/α,β-unsaturated/α-hetero) is 3. The molecule has 0 radical (unpaired) electrons. The second-order valence-electron chi connectivity index (χ2n) is 7.98. The van der Waals surface area contributed by atoms with E-state index in [0.29, 0.717) is 6.42 Å². The Balaban J connectivity index is 4.21. The number of hydrogen-bond acceptors (Lipinski definition) is 7. The molecule has 0 aromatic rings. The molecule has 0 aliphatic heterocycles. The Morgan fingerprint density at radius 1 is 0.806 bits per heavy atom. The van der Waals surface area contributed by atoms with E-state index in [0.717, 1.165) is 0 Å². The van der Waals surface area contributed by atoms with Gasteiger partial charge in [-0.05, 0) is 25.8 Å². The third kappa shape index (κ3) is 14.1. The maximum absolute atomic E-state index is 12.1. The van der Waals surface area contributed by atoms with Crippen molar-refractivity contribution >= 4 is 35.1 Å². The predicted molar refractivity (Wildman–Crippen MR) is 113 cm³/mol. The van der Waals surface area contributed by atoms with Crippen LogP contribution in [0.3, 0.4) is 0 Å². The fourth-order valence-electron chi connectivity index (χ4n) is 2.93. The highest BCUT2D eigenvalue weighted by molar-refractivity contribution is 5.92. The summed E-state index contributed by atoms with van der Waals surface area (Å²) in [5.41, 5.74) is 5.07. The molecule has 2 amide bonds. The first-order valence-corrected chi connectivity index (χ1v) is 10.5. The highest BCUT2D eigenvalue weighted by Crippen LogP contribution is 2.08. The first-order valence-electron chi connectivity index (χ1n) is 10.5. The maximum atomic E-state index is 12.1. The van der Waals surface area contributed by atoms with E-state index in [-0.39, 0.29) is 74.6 Å². The first-order chi connectivity index (χ1) is 14.5. The van der Waals surface area contributed by atoms with Gasteiger partial charge in [0.15, 0.2) is 0 Å². The second kappa shape index (κ2) is 15.2. The molecule has 5 N–H and O–H groups in total. The van der Waals surface area contributed by atoms with Crippen LogP contribution in [-0.2, 0) is 28.8 Å². The molecule has 2 atom stereocenters. The number of carbonyl (C=O) groups excluding carboxylic acids is 5. The highest BCUT2D eigenvalue weighted by atomic mass is 16.4. The van der Waals surface area contributed by atoms with Gasteiger partial charge in [-0.1, -0.05) is 13.8 Å². The van der Waals surface area contributed by atoms with Crippen molar-refractivity contribution in [2.24, 2.45) is 11.7 Å². The van der Waals surface area contributed by atoms with Gasteiger partial charge in [-0.2, -0.15) is 0 Å². The molecular formula is C21H35N3O7. The maximum Gasteiger partial charge on any atom is 0.326 e.